The normalized spacial score (nSPS) is 19.0. The van der Waals surface area contributed by atoms with Crippen LogP contribution in [0.25, 0.3) is 0 Å². The number of hydrogen-bond donors (Lipinski definition) is 2. The third-order valence-electron chi connectivity index (χ3n) is 2.62. The van der Waals surface area contributed by atoms with Crippen molar-refractivity contribution in [1.29, 1.82) is 0 Å². The fourth-order valence-corrected chi connectivity index (χ4v) is 1.76. The maximum atomic E-state index is 10.8. The Hall–Kier alpha value is -1.62. The number of pyridine rings is 1. The van der Waals surface area contributed by atoms with E-state index in [1.807, 2.05) is 12.1 Å². The third-order valence-corrected chi connectivity index (χ3v) is 2.62. The second-order valence-corrected chi connectivity index (χ2v) is 4.13. The monoisotopic (exact) mass is 235 g/mol. The van der Waals surface area contributed by atoms with E-state index in [0.717, 1.165) is 31.0 Å². The minimum absolute atomic E-state index is 0.0573. The summed E-state index contributed by atoms with van der Waals surface area (Å²) in [5, 5.41) is 5.96. The van der Waals surface area contributed by atoms with Gasteiger partial charge < -0.3 is 15.4 Å². The highest BCUT2D eigenvalue weighted by molar-refractivity contribution is 5.72. The van der Waals surface area contributed by atoms with Crippen LogP contribution in [0.2, 0.25) is 0 Å². The Kier molecular flexibility index (Phi) is 3.93. The van der Waals surface area contributed by atoms with Gasteiger partial charge in [0.05, 0.1) is 12.2 Å². The third kappa shape index (κ3) is 3.71. The van der Waals surface area contributed by atoms with E-state index in [1.165, 1.54) is 6.92 Å². The van der Waals surface area contributed by atoms with Gasteiger partial charge in [-0.25, -0.2) is 0 Å². The van der Waals surface area contributed by atoms with Gasteiger partial charge in [0.15, 0.2) is 0 Å². The Labute approximate surface area is 101 Å². The molecule has 2 rings (SSSR count). The zero-order valence-corrected chi connectivity index (χ0v) is 9.90. The Morgan fingerprint density at radius 1 is 1.71 bits per heavy atom. The molecule has 1 aliphatic rings. The van der Waals surface area contributed by atoms with Crippen molar-refractivity contribution in [2.75, 3.05) is 13.1 Å². The number of hydrogen-bond acceptors (Lipinski definition) is 4. The van der Waals surface area contributed by atoms with E-state index in [2.05, 4.69) is 15.6 Å². The Bertz CT molecular complexity index is 389. The SMILES string of the molecule is CC(=O)NCc1cc(O[C@H]2CCNC2)ccn1. The summed E-state index contributed by atoms with van der Waals surface area (Å²) in [6, 6.07) is 3.71. The molecule has 1 amide bonds. The molecule has 5 nitrogen and oxygen atoms in total. The maximum absolute atomic E-state index is 10.8. The van der Waals surface area contributed by atoms with Crippen LogP contribution < -0.4 is 15.4 Å². The molecule has 1 saturated heterocycles. The van der Waals surface area contributed by atoms with E-state index in [0.29, 0.717) is 6.54 Å². The number of nitrogens with zero attached hydrogens (tertiary/aromatic N) is 1. The minimum atomic E-state index is -0.0573. The van der Waals surface area contributed by atoms with Crippen LogP contribution in [0.3, 0.4) is 0 Å². The first-order chi connectivity index (χ1) is 8.24. The first-order valence-electron chi connectivity index (χ1n) is 5.81. The molecule has 0 spiro atoms. The zero-order valence-electron chi connectivity index (χ0n) is 9.90. The van der Waals surface area contributed by atoms with Gasteiger partial charge in [-0.05, 0) is 19.0 Å². The molecule has 1 aliphatic heterocycles. The zero-order chi connectivity index (χ0) is 12.1. The van der Waals surface area contributed by atoms with Gasteiger partial charge >= 0.3 is 0 Å². The van der Waals surface area contributed by atoms with Gasteiger partial charge in [-0.2, -0.15) is 0 Å². The van der Waals surface area contributed by atoms with Crippen LogP contribution in [0.15, 0.2) is 18.3 Å². The lowest BCUT2D eigenvalue weighted by atomic mass is 10.3. The minimum Gasteiger partial charge on any atom is -0.489 e. The highest BCUT2D eigenvalue weighted by Crippen LogP contribution is 2.15. The molecular weight excluding hydrogens is 218 g/mol. The van der Waals surface area contributed by atoms with Crippen LogP contribution >= 0.6 is 0 Å². The molecular formula is C12H17N3O2. The van der Waals surface area contributed by atoms with Gasteiger partial charge in [-0.15, -0.1) is 0 Å². The lowest BCUT2D eigenvalue weighted by Gasteiger charge is -2.12. The van der Waals surface area contributed by atoms with Crippen LogP contribution in [-0.2, 0) is 11.3 Å². The molecule has 17 heavy (non-hydrogen) atoms. The van der Waals surface area contributed by atoms with Crippen molar-refractivity contribution in [2.24, 2.45) is 0 Å². The number of carbonyl (C=O) groups is 1. The van der Waals surface area contributed by atoms with Crippen molar-refractivity contribution in [3.05, 3.63) is 24.0 Å². The van der Waals surface area contributed by atoms with Gasteiger partial charge in [0.1, 0.15) is 11.9 Å². The summed E-state index contributed by atoms with van der Waals surface area (Å²) >= 11 is 0. The van der Waals surface area contributed by atoms with Crippen molar-refractivity contribution in [1.82, 2.24) is 15.6 Å². The molecule has 0 aromatic carbocycles. The molecule has 1 fully saturated rings. The second-order valence-electron chi connectivity index (χ2n) is 4.13. The van der Waals surface area contributed by atoms with E-state index in [9.17, 15) is 4.79 Å². The Morgan fingerprint density at radius 2 is 2.59 bits per heavy atom. The molecule has 1 aromatic heterocycles. The molecule has 0 bridgehead atoms. The number of nitrogens with one attached hydrogen (secondary N) is 2. The van der Waals surface area contributed by atoms with Crippen LogP contribution in [0.5, 0.6) is 5.75 Å². The molecule has 2 N–H and O–H groups in total. The summed E-state index contributed by atoms with van der Waals surface area (Å²) < 4.78 is 5.81. The van der Waals surface area contributed by atoms with Crippen molar-refractivity contribution in [3.8, 4) is 5.75 Å². The van der Waals surface area contributed by atoms with E-state index in [4.69, 9.17) is 4.74 Å². The van der Waals surface area contributed by atoms with Crippen molar-refractivity contribution < 1.29 is 9.53 Å². The highest BCUT2D eigenvalue weighted by Gasteiger charge is 2.15. The predicted octanol–water partition coefficient (Wildman–Crippen LogP) is 0.458. The van der Waals surface area contributed by atoms with Gasteiger partial charge in [0.2, 0.25) is 5.91 Å². The van der Waals surface area contributed by atoms with Gasteiger partial charge in [-0.1, -0.05) is 0 Å². The van der Waals surface area contributed by atoms with Crippen molar-refractivity contribution in [3.63, 3.8) is 0 Å². The molecule has 0 aliphatic carbocycles. The van der Waals surface area contributed by atoms with Crippen LogP contribution in [0, 0.1) is 0 Å². The second kappa shape index (κ2) is 5.63. The number of aromatic nitrogens is 1. The topological polar surface area (TPSA) is 63.2 Å². The smallest absolute Gasteiger partial charge is 0.217 e. The van der Waals surface area contributed by atoms with Crippen LogP contribution in [-0.4, -0.2) is 30.1 Å². The first kappa shape index (κ1) is 11.9. The summed E-state index contributed by atoms with van der Waals surface area (Å²) in [5.74, 6) is 0.757. The highest BCUT2D eigenvalue weighted by atomic mass is 16.5. The summed E-state index contributed by atoms with van der Waals surface area (Å²) in [7, 11) is 0. The molecule has 5 heteroatoms. The fraction of sp³-hybridized carbons (Fsp3) is 0.500. The molecule has 0 radical (unpaired) electrons. The van der Waals surface area contributed by atoms with Crippen molar-refractivity contribution >= 4 is 5.91 Å². The fourth-order valence-electron chi connectivity index (χ4n) is 1.76. The maximum Gasteiger partial charge on any atom is 0.217 e. The average Bonchev–Trinajstić information content (AvgIpc) is 2.80. The van der Waals surface area contributed by atoms with Gasteiger partial charge in [0.25, 0.3) is 0 Å². The number of carbonyl (C=O) groups excluding carboxylic acids is 1. The summed E-state index contributed by atoms with van der Waals surface area (Å²) in [6.45, 7) is 3.83. The van der Waals surface area contributed by atoms with E-state index in [-0.39, 0.29) is 12.0 Å². The Morgan fingerprint density at radius 3 is 3.29 bits per heavy atom. The number of rotatable bonds is 4. The molecule has 0 saturated carbocycles. The van der Waals surface area contributed by atoms with Crippen LogP contribution in [0.4, 0.5) is 0 Å². The number of ether oxygens (including phenoxy) is 1. The van der Waals surface area contributed by atoms with Crippen molar-refractivity contribution in [2.45, 2.75) is 26.0 Å². The lowest BCUT2D eigenvalue weighted by molar-refractivity contribution is -0.119. The predicted molar refractivity (Wildman–Crippen MR) is 63.7 cm³/mol. The molecule has 1 atom stereocenters. The molecule has 0 unspecified atom stereocenters. The first-order valence-corrected chi connectivity index (χ1v) is 5.81. The quantitative estimate of drug-likeness (QED) is 0.795. The molecule has 2 heterocycles. The lowest BCUT2D eigenvalue weighted by Crippen LogP contribution is -2.21. The largest absolute Gasteiger partial charge is 0.489 e. The molecule has 1 aromatic rings. The standard InChI is InChI=1S/C12H17N3O2/c1-9(16)15-7-10-6-11(3-5-14-10)17-12-2-4-13-8-12/h3,5-6,12-13H,2,4,7-8H2,1H3,(H,15,16)/t12-/m0/s1. The molecule has 92 valence electrons. The van der Waals surface area contributed by atoms with Gasteiger partial charge in [-0.3, -0.25) is 9.78 Å². The number of amides is 1. The van der Waals surface area contributed by atoms with E-state index in [1.54, 1.807) is 6.20 Å². The Balaban J connectivity index is 1.93. The summed E-state index contributed by atoms with van der Waals surface area (Å²) in [6.07, 6.45) is 2.98. The van der Waals surface area contributed by atoms with Gasteiger partial charge in [0, 0.05) is 25.7 Å². The average molecular weight is 235 g/mol. The van der Waals surface area contributed by atoms with Crippen LogP contribution in [0.1, 0.15) is 19.0 Å². The summed E-state index contributed by atoms with van der Waals surface area (Å²) in [4.78, 5) is 15.0. The van der Waals surface area contributed by atoms with E-state index < -0.39 is 0 Å². The summed E-state index contributed by atoms with van der Waals surface area (Å²) in [5.41, 5.74) is 0.809. The van der Waals surface area contributed by atoms with E-state index >= 15 is 0 Å².